The molecule has 1 aromatic rings. The van der Waals surface area contributed by atoms with Crippen molar-refractivity contribution < 1.29 is 18.3 Å². The SMILES string of the molecule is CS(=O)(=O)CCN1CC[C@H](O)[C@H](NC(=O)CCCc2ccc(Cl)cc2)C1. The number of aryl methyl sites for hydroxylation is 1. The summed E-state index contributed by atoms with van der Waals surface area (Å²) in [6.45, 7) is 1.54. The number of carbonyl (C=O) groups is 1. The number of benzene rings is 1. The maximum absolute atomic E-state index is 12.2. The second-order valence-electron chi connectivity index (χ2n) is 6.94. The maximum atomic E-state index is 12.2. The number of nitrogens with one attached hydrogen (secondary N) is 1. The first kappa shape index (κ1) is 21.2. The third kappa shape index (κ3) is 7.61. The standard InChI is InChI=1S/C18H27ClN2O4S/c1-26(24,25)12-11-21-10-9-17(22)16(13-21)20-18(23)4-2-3-14-5-7-15(19)8-6-14/h5-8,16-17,22H,2-4,9-13H2,1H3,(H,20,23)/t16-,17+/m1/s1. The molecule has 146 valence electrons. The lowest BCUT2D eigenvalue weighted by molar-refractivity contribution is -0.123. The van der Waals surface area contributed by atoms with Gasteiger partial charge in [0, 0.05) is 37.3 Å². The topological polar surface area (TPSA) is 86.7 Å². The molecule has 1 saturated heterocycles. The van der Waals surface area contributed by atoms with E-state index in [4.69, 9.17) is 11.6 Å². The lowest BCUT2D eigenvalue weighted by Gasteiger charge is -2.36. The van der Waals surface area contributed by atoms with Gasteiger partial charge in [-0.05, 0) is 37.0 Å². The van der Waals surface area contributed by atoms with Crippen LogP contribution < -0.4 is 5.32 Å². The first-order chi connectivity index (χ1) is 12.2. The molecule has 26 heavy (non-hydrogen) atoms. The van der Waals surface area contributed by atoms with Crippen LogP contribution in [0.3, 0.4) is 0 Å². The Labute approximate surface area is 160 Å². The number of rotatable bonds is 8. The van der Waals surface area contributed by atoms with Gasteiger partial charge in [0.15, 0.2) is 0 Å². The van der Waals surface area contributed by atoms with Crippen molar-refractivity contribution in [2.24, 2.45) is 0 Å². The minimum atomic E-state index is -3.02. The van der Waals surface area contributed by atoms with Crippen molar-refractivity contribution in [3.05, 3.63) is 34.9 Å². The number of aliphatic hydroxyl groups is 1. The second-order valence-corrected chi connectivity index (χ2v) is 9.64. The number of nitrogens with zero attached hydrogens (tertiary/aromatic N) is 1. The molecule has 2 N–H and O–H groups in total. The fourth-order valence-electron chi connectivity index (χ4n) is 3.03. The maximum Gasteiger partial charge on any atom is 0.220 e. The van der Waals surface area contributed by atoms with Crippen molar-refractivity contribution in [2.75, 3.05) is 31.6 Å². The summed E-state index contributed by atoms with van der Waals surface area (Å²) in [4.78, 5) is 14.1. The van der Waals surface area contributed by atoms with E-state index in [9.17, 15) is 18.3 Å². The van der Waals surface area contributed by atoms with E-state index in [1.165, 1.54) is 6.26 Å². The molecule has 0 spiro atoms. The van der Waals surface area contributed by atoms with Gasteiger partial charge in [-0.25, -0.2) is 8.42 Å². The van der Waals surface area contributed by atoms with E-state index < -0.39 is 15.9 Å². The Morgan fingerprint density at radius 2 is 2.04 bits per heavy atom. The number of amides is 1. The molecule has 1 aromatic carbocycles. The normalized spacial score (nSPS) is 21.5. The van der Waals surface area contributed by atoms with E-state index in [1.807, 2.05) is 29.2 Å². The third-order valence-electron chi connectivity index (χ3n) is 4.57. The predicted octanol–water partition coefficient (Wildman–Crippen LogP) is 1.26. The summed E-state index contributed by atoms with van der Waals surface area (Å²) in [5.74, 6) is -0.00169. The molecular formula is C18H27ClN2O4S. The molecular weight excluding hydrogens is 376 g/mol. The smallest absolute Gasteiger partial charge is 0.220 e. The molecule has 0 radical (unpaired) electrons. The van der Waals surface area contributed by atoms with E-state index in [1.54, 1.807) is 0 Å². The number of hydrogen-bond donors (Lipinski definition) is 2. The number of aliphatic hydroxyl groups excluding tert-OH is 1. The molecule has 2 atom stereocenters. The van der Waals surface area contributed by atoms with Gasteiger partial charge in [0.05, 0.1) is 17.9 Å². The van der Waals surface area contributed by atoms with Crippen molar-refractivity contribution in [1.29, 1.82) is 0 Å². The lowest BCUT2D eigenvalue weighted by atomic mass is 10.0. The van der Waals surface area contributed by atoms with Crippen LogP contribution in [0.1, 0.15) is 24.8 Å². The van der Waals surface area contributed by atoms with Gasteiger partial charge in [-0.1, -0.05) is 23.7 Å². The van der Waals surface area contributed by atoms with E-state index >= 15 is 0 Å². The minimum Gasteiger partial charge on any atom is -0.391 e. The largest absolute Gasteiger partial charge is 0.391 e. The minimum absolute atomic E-state index is 0.0881. The summed E-state index contributed by atoms with van der Waals surface area (Å²) in [5, 5.41) is 13.7. The van der Waals surface area contributed by atoms with Gasteiger partial charge < -0.3 is 15.3 Å². The molecule has 0 unspecified atom stereocenters. The molecule has 1 aliphatic heterocycles. The van der Waals surface area contributed by atoms with Crippen LogP contribution in [-0.4, -0.2) is 68.1 Å². The van der Waals surface area contributed by atoms with Crippen LogP contribution in [0.25, 0.3) is 0 Å². The Balaban J connectivity index is 1.74. The molecule has 8 heteroatoms. The number of halogens is 1. The van der Waals surface area contributed by atoms with Crippen molar-refractivity contribution in [2.45, 2.75) is 37.8 Å². The molecule has 6 nitrogen and oxygen atoms in total. The fourth-order valence-corrected chi connectivity index (χ4v) is 3.75. The van der Waals surface area contributed by atoms with Gasteiger partial charge in [0.25, 0.3) is 0 Å². The summed E-state index contributed by atoms with van der Waals surface area (Å²) < 4.78 is 22.6. The van der Waals surface area contributed by atoms with Crippen LogP contribution in [0.2, 0.25) is 5.02 Å². The summed E-state index contributed by atoms with van der Waals surface area (Å²) in [6, 6.07) is 7.21. The van der Waals surface area contributed by atoms with Crippen LogP contribution in [0.5, 0.6) is 0 Å². The number of carbonyl (C=O) groups excluding carboxylic acids is 1. The number of sulfone groups is 1. The lowest BCUT2D eigenvalue weighted by Crippen LogP contribution is -2.55. The molecule has 1 heterocycles. The van der Waals surface area contributed by atoms with Gasteiger partial charge in [-0.15, -0.1) is 0 Å². The molecule has 0 saturated carbocycles. The van der Waals surface area contributed by atoms with Gasteiger partial charge in [-0.2, -0.15) is 0 Å². The van der Waals surface area contributed by atoms with Gasteiger partial charge >= 0.3 is 0 Å². The second kappa shape index (κ2) is 9.69. The highest BCUT2D eigenvalue weighted by molar-refractivity contribution is 7.90. The first-order valence-corrected chi connectivity index (χ1v) is 11.3. The molecule has 0 aromatic heterocycles. The van der Waals surface area contributed by atoms with Gasteiger partial charge in [0.1, 0.15) is 9.84 Å². The third-order valence-corrected chi connectivity index (χ3v) is 5.74. The Morgan fingerprint density at radius 3 is 2.69 bits per heavy atom. The zero-order valence-corrected chi connectivity index (χ0v) is 16.6. The predicted molar refractivity (Wildman–Crippen MR) is 103 cm³/mol. The van der Waals surface area contributed by atoms with E-state index in [-0.39, 0.29) is 17.7 Å². The van der Waals surface area contributed by atoms with Crippen LogP contribution in [-0.2, 0) is 21.1 Å². The molecule has 0 aliphatic carbocycles. The highest BCUT2D eigenvalue weighted by atomic mass is 35.5. The highest BCUT2D eigenvalue weighted by Crippen LogP contribution is 2.13. The fraction of sp³-hybridized carbons (Fsp3) is 0.611. The zero-order valence-electron chi connectivity index (χ0n) is 15.0. The Kier molecular flexibility index (Phi) is 7.88. The summed E-state index contributed by atoms with van der Waals surface area (Å²) in [7, 11) is -3.02. The summed E-state index contributed by atoms with van der Waals surface area (Å²) in [5.41, 5.74) is 1.13. The highest BCUT2D eigenvalue weighted by Gasteiger charge is 2.29. The average Bonchev–Trinajstić information content (AvgIpc) is 2.56. The van der Waals surface area contributed by atoms with Crippen molar-refractivity contribution in [1.82, 2.24) is 10.2 Å². The molecule has 1 fully saturated rings. The quantitative estimate of drug-likeness (QED) is 0.683. The zero-order chi connectivity index (χ0) is 19.2. The van der Waals surface area contributed by atoms with Crippen molar-refractivity contribution in [3.8, 4) is 0 Å². The van der Waals surface area contributed by atoms with E-state index in [2.05, 4.69) is 5.32 Å². The Bertz CT molecular complexity index is 694. The van der Waals surface area contributed by atoms with Crippen molar-refractivity contribution in [3.63, 3.8) is 0 Å². The van der Waals surface area contributed by atoms with Crippen LogP contribution in [0, 0.1) is 0 Å². The number of hydrogen-bond acceptors (Lipinski definition) is 5. The molecule has 1 amide bonds. The summed E-state index contributed by atoms with van der Waals surface area (Å²) >= 11 is 5.85. The van der Waals surface area contributed by atoms with E-state index in [0.717, 1.165) is 12.0 Å². The molecule has 1 aliphatic rings. The molecule has 0 bridgehead atoms. The summed E-state index contributed by atoms with van der Waals surface area (Å²) in [6.07, 6.45) is 3.04. The first-order valence-electron chi connectivity index (χ1n) is 8.85. The Morgan fingerprint density at radius 1 is 1.35 bits per heavy atom. The van der Waals surface area contributed by atoms with Crippen LogP contribution in [0.4, 0.5) is 0 Å². The van der Waals surface area contributed by atoms with Crippen molar-refractivity contribution >= 4 is 27.3 Å². The average molecular weight is 403 g/mol. The number of likely N-dealkylation sites (tertiary alicyclic amines) is 1. The molecule has 2 rings (SSSR count). The number of piperidine rings is 1. The van der Waals surface area contributed by atoms with Gasteiger partial charge in [0.2, 0.25) is 5.91 Å². The Hall–Kier alpha value is -1.15. The monoisotopic (exact) mass is 402 g/mol. The van der Waals surface area contributed by atoms with Gasteiger partial charge in [-0.3, -0.25) is 4.79 Å². The van der Waals surface area contributed by atoms with E-state index in [0.29, 0.717) is 43.9 Å². The van der Waals surface area contributed by atoms with Crippen LogP contribution in [0.15, 0.2) is 24.3 Å². The van der Waals surface area contributed by atoms with Crippen LogP contribution >= 0.6 is 11.6 Å².